The van der Waals surface area contributed by atoms with E-state index >= 15 is 0 Å². The number of rotatable bonds is 8. The number of fused-ring (bicyclic) bond motifs is 1. The lowest BCUT2D eigenvalue weighted by Crippen LogP contribution is -2.31. The predicted octanol–water partition coefficient (Wildman–Crippen LogP) is 5.01. The Morgan fingerprint density at radius 1 is 1.21 bits per heavy atom. The normalized spacial score (nSPS) is 18.8. The second-order valence-corrected chi connectivity index (χ2v) is 7.13. The minimum absolute atomic E-state index is 0.243. The van der Waals surface area contributed by atoms with Crippen molar-refractivity contribution in [2.75, 3.05) is 6.61 Å². The highest BCUT2D eigenvalue weighted by molar-refractivity contribution is 5.67. The molecule has 3 nitrogen and oxygen atoms in total. The van der Waals surface area contributed by atoms with Crippen LogP contribution in [-0.2, 0) is 6.42 Å². The maximum absolute atomic E-state index is 10.3. The fourth-order valence-corrected chi connectivity index (χ4v) is 3.01. The lowest BCUT2D eigenvalue weighted by atomic mass is 9.93. The first-order valence-corrected chi connectivity index (χ1v) is 8.92. The molecule has 0 amide bonds. The highest BCUT2D eigenvalue weighted by Gasteiger charge is 2.28. The largest absolute Gasteiger partial charge is 0.507 e. The van der Waals surface area contributed by atoms with Crippen molar-refractivity contribution in [3.05, 3.63) is 41.0 Å². The molecule has 0 fully saturated rings. The maximum atomic E-state index is 10.3. The maximum Gasteiger partial charge on any atom is 0.131 e. The Morgan fingerprint density at radius 2 is 2.00 bits per heavy atom. The van der Waals surface area contributed by atoms with Crippen molar-refractivity contribution in [3.63, 3.8) is 0 Å². The Kier molecular flexibility index (Phi) is 6.50. The minimum atomic E-state index is -0.332. The molecule has 1 aromatic carbocycles. The molecule has 1 atom stereocenters. The van der Waals surface area contributed by atoms with Crippen molar-refractivity contribution >= 4 is 6.08 Å². The summed E-state index contributed by atoms with van der Waals surface area (Å²) < 4.78 is 6.23. The smallest absolute Gasteiger partial charge is 0.131 e. The number of hydrogen-bond acceptors (Lipinski definition) is 3. The van der Waals surface area contributed by atoms with E-state index < -0.39 is 0 Å². The number of aliphatic hydroxyl groups excluding tert-OH is 1. The number of benzene rings is 1. The van der Waals surface area contributed by atoms with Gasteiger partial charge < -0.3 is 14.9 Å². The summed E-state index contributed by atoms with van der Waals surface area (Å²) in [6, 6.07) is 3.88. The molecule has 0 aromatic heterocycles. The second-order valence-electron chi connectivity index (χ2n) is 7.13. The minimum Gasteiger partial charge on any atom is -0.507 e. The highest BCUT2D eigenvalue weighted by Crippen LogP contribution is 2.39. The van der Waals surface area contributed by atoms with Gasteiger partial charge in [-0.1, -0.05) is 18.1 Å². The van der Waals surface area contributed by atoms with Crippen molar-refractivity contribution in [1.29, 1.82) is 0 Å². The van der Waals surface area contributed by atoms with Crippen molar-refractivity contribution in [2.24, 2.45) is 0 Å². The van der Waals surface area contributed by atoms with Crippen LogP contribution in [0.1, 0.15) is 64.0 Å². The molecule has 0 spiro atoms. The van der Waals surface area contributed by atoms with E-state index in [1.807, 2.05) is 12.1 Å². The van der Waals surface area contributed by atoms with Crippen LogP contribution in [0.5, 0.6) is 11.5 Å². The van der Waals surface area contributed by atoms with Gasteiger partial charge in [0.15, 0.2) is 0 Å². The summed E-state index contributed by atoms with van der Waals surface area (Å²) in [7, 11) is 0. The van der Waals surface area contributed by atoms with Gasteiger partial charge in [-0.3, -0.25) is 0 Å². The van der Waals surface area contributed by atoms with Gasteiger partial charge in [-0.2, -0.15) is 0 Å². The molecule has 2 rings (SSSR count). The molecule has 132 valence electrons. The number of allylic oxidation sites excluding steroid dienone is 2. The van der Waals surface area contributed by atoms with Gasteiger partial charge in [0.1, 0.15) is 17.1 Å². The summed E-state index contributed by atoms with van der Waals surface area (Å²) in [5, 5.41) is 19.1. The van der Waals surface area contributed by atoms with Crippen LogP contribution >= 0.6 is 0 Å². The van der Waals surface area contributed by atoms with E-state index in [-0.39, 0.29) is 18.0 Å². The van der Waals surface area contributed by atoms with Gasteiger partial charge in [-0.15, -0.1) is 0 Å². The predicted molar refractivity (Wildman–Crippen MR) is 99.5 cm³/mol. The fourth-order valence-electron chi connectivity index (χ4n) is 3.01. The molecule has 1 unspecified atom stereocenters. The molecule has 1 aromatic rings. The highest BCUT2D eigenvalue weighted by atomic mass is 16.5. The lowest BCUT2D eigenvalue weighted by molar-refractivity contribution is 0.128. The molecule has 0 bridgehead atoms. The Balaban J connectivity index is 2.08. The topological polar surface area (TPSA) is 49.7 Å². The summed E-state index contributed by atoms with van der Waals surface area (Å²) in [4.78, 5) is 0. The summed E-state index contributed by atoms with van der Waals surface area (Å²) in [5.74, 6) is 1.06. The summed E-state index contributed by atoms with van der Waals surface area (Å²) in [6.07, 6.45) is 11.9. The molecule has 0 saturated heterocycles. The van der Waals surface area contributed by atoms with Crippen LogP contribution in [0.3, 0.4) is 0 Å². The summed E-state index contributed by atoms with van der Waals surface area (Å²) in [5.41, 5.74) is 2.85. The molecule has 0 radical (unpaired) electrons. The van der Waals surface area contributed by atoms with Gasteiger partial charge in [-0.05, 0) is 82.7 Å². The molecule has 24 heavy (non-hydrogen) atoms. The number of aliphatic hydroxyl groups is 1. The molecular weight excluding hydrogens is 300 g/mol. The van der Waals surface area contributed by atoms with Crippen LogP contribution in [0.25, 0.3) is 6.08 Å². The SMILES string of the molecule is CC(C)=CCCC1(C)C=Cc2c(O)cc(CCCCCO)cc2O1. The van der Waals surface area contributed by atoms with Gasteiger partial charge in [0.2, 0.25) is 0 Å². The molecule has 2 N–H and O–H groups in total. The molecule has 0 aliphatic carbocycles. The summed E-state index contributed by atoms with van der Waals surface area (Å²) in [6.45, 7) is 6.55. The van der Waals surface area contributed by atoms with E-state index in [2.05, 4.69) is 39.0 Å². The lowest BCUT2D eigenvalue weighted by Gasteiger charge is -2.32. The van der Waals surface area contributed by atoms with Crippen molar-refractivity contribution in [1.82, 2.24) is 0 Å². The first kappa shape index (κ1) is 18.6. The van der Waals surface area contributed by atoms with Gasteiger partial charge in [0.05, 0.1) is 5.56 Å². The van der Waals surface area contributed by atoms with Crippen LogP contribution in [0, 0.1) is 0 Å². The summed E-state index contributed by atoms with van der Waals surface area (Å²) >= 11 is 0. The third-order valence-corrected chi connectivity index (χ3v) is 4.44. The number of aryl methyl sites for hydroxylation is 1. The zero-order valence-corrected chi connectivity index (χ0v) is 15.1. The van der Waals surface area contributed by atoms with Crippen molar-refractivity contribution in [2.45, 2.75) is 64.9 Å². The average molecular weight is 330 g/mol. The third kappa shape index (κ3) is 5.13. The Hall–Kier alpha value is -1.74. The van der Waals surface area contributed by atoms with E-state index in [1.54, 1.807) is 0 Å². The van der Waals surface area contributed by atoms with Gasteiger partial charge in [0, 0.05) is 6.61 Å². The van der Waals surface area contributed by atoms with E-state index in [1.165, 1.54) is 5.57 Å². The number of phenolic OH excluding ortho intramolecular Hbond substituents is 1. The number of ether oxygens (including phenoxy) is 1. The monoisotopic (exact) mass is 330 g/mol. The standard InChI is InChI=1S/C21H30O3/c1-16(2)8-7-11-21(3)12-10-18-19(23)14-17(15-20(18)24-21)9-5-4-6-13-22/h8,10,12,14-15,22-23H,4-7,9,11,13H2,1-3H3. The zero-order valence-electron chi connectivity index (χ0n) is 15.1. The quantitative estimate of drug-likeness (QED) is 0.520. The molecule has 3 heteroatoms. The Bertz CT molecular complexity index is 612. The van der Waals surface area contributed by atoms with Gasteiger partial charge in [-0.25, -0.2) is 0 Å². The number of aromatic hydroxyl groups is 1. The van der Waals surface area contributed by atoms with Crippen LogP contribution < -0.4 is 4.74 Å². The van der Waals surface area contributed by atoms with Crippen molar-refractivity contribution < 1.29 is 14.9 Å². The molecule has 0 saturated carbocycles. The van der Waals surface area contributed by atoms with E-state index in [0.717, 1.165) is 55.4 Å². The third-order valence-electron chi connectivity index (χ3n) is 4.44. The van der Waals surface area contributed by atoms with Crippen LogP contribution in [0.2, 0.25) is 0 Å². The molecule has 1 aliphatic rings. The fraction of sp³-hybridized carbons (Fsp3) is 0.524. The van der Waals surface area contributed by atoms with Crippen LogP contribution in [0.4, 0.5) is 0 Å². The number of hydrogen-bond donors (Lipinski definition) is 2. The van der Waals surface area contributed by atoms with E-state index in [0.29, 0.717) is 0 Å². The van der Waals surface area contributed by atoms with Crippen molar-refractivity contribution in [3.8, 4) is 11.5 Å². The van der Waals surface area contributed by atoms with Crippen LogP contribution in [-0.4, -0.2) is 22.4 Å². The van der Waals surface area contributed by atoms with Gasteiger partial charge >= 0.3 is 0 Å². The Labute approximate surface area is 145 Å². The molecule has 1 heterocycles. The first-order valence-electron chi connectivity index (χ1n) is 8.92. The molecule has 1 aliphatic heterocycles. The molecular formula is C21H30O3. The first-order chi connectivity index (χ1) is 11.4. The van der Waals surface area contributed by atoms with E-state index in [9.17, 15) is 5.11 Å². The van der Waals surface area contributed by atoms with Gasteiger partial charge in [0.25, 0.3) is 0 Å². The zero-order chi connectivity index (χ0) is 17.6. The van der Waals surface area contributed by atoms with Crippen LogP contribution in [0.15, 0.2) is 29.9 Å². The number of unbranched alkanes of at least 4 members (excludes halogenated alkanes) is 2. The van der Waals surface area contributed by atoms with E-state index in [4.69, 9.17) is 9.84 Å². The average Bonchev–Trinajstić information content (AvgIpc) is 2.50. The second kappa shape index (κ2) is 8.39. The Morgan fingerprint density at radius 3 is 2.71 bits per heavy atom. The number of phenols is 1.